The second-order valence-corrected chi connectivity index (χ2v) is 7.75. The van der Waals surface area contributed by atoms with Crippen LogP contribution in [0.15, 0.2) is 36.8 Å². The van der Waals surface area contributed by atoms with Crippen LogP contribution >= 0.6 is 0 Å². The van der Waals surface area contributed by atoms with Gasteiger partial charge in [0.15, 0.2) is 0 Å². The summed E-state index contributed by atoms with van der Waals surface area (Å²) in [4.78, 5) is 20.3. The van der Waals surface area contributed by atoms with E-state index in [1.54, 1.807) is 12.3 Å². The van der Waals surface area contributed by atoms with Gasteiger partial charge in [0, 0.05) is 25.1 Å². The fourth-order valence-electron chi connectivity index (χ4n) is 3.80. The first-order valence-electron chi connectivity index (χ1n) is 9.44. The number of carbonyl (C=O) groups is 1. The summed E-state index contributed by atoms with van der Waals surface area (Å²) >= 11 is 0. The summed E-state index contributed by atoms with van der Waals surface area (Å²) in [5.74, 6) is 0.467. The minimum atomic E-state index is -0.537. The molecule has 7 heteroatoms. The molecule has 1 unspecified atom stereocenters. The average molecular weight is 367 g/mol. The fourth-order valence-corrected chi connectivity index (χ4v) is 3.80. The van der Waals surface area contributed by atoms with Crippen molar-refractivity contribution in [2.75, 3.05) is 0 Å². The van der Waals surface area contributed by atoms with Gasteiger partial charge in [-0.2, -0.15) is 5.10 Å². The number of nitrogens with zero attached hydrogens (tertiary/aromatic N) is 3. The van der Waals surface area contributed by atoms with Crippen molar-refractivity contribution in [2.24, 2.45) is 5.92 Å². The standard InChI is InChI=1S/C20H25N5O2/c1-12(2)14-8-16-15(21-10-14)9-18(23-16)20(27)24-17-6-13(7-19(17)26)11-25-5-3-4-22-25/h3-5,8-10,12-13,17,19,23,26H,6-7,11H2,1-2H3,(H,24,27)/t13?,17-,19-/m1/s1. The summed E-state index contributed by atoms with van der Waals surface area (Å²) in [6, 6.07) is 5.44. The van der Waals surface area contributed by atoms with Gasteiger partial charge >= 0.3 is 0 Å². The van der Waals surface area contributed by atoms with E-state index < -0.39 is 6.10 Å². The predicted octanol–water partition coefficient (Wildman–Crippen LogP) is 2.45. The van der Waals surface area contributed by atoms with E-state index in [4.69, 9.17) is 0 Å². The Kier molecular flexibility index (Phi) is 4.70. The second-order valence-electron chi connectivity index (χ2n) is 7.75. The number of nitrogens with one attached hydrogen (secondary N) is 2. The highest BCUT2D eigenvalue weighted by molar-refractivity contribution is 5.97. The maximum absolute atomic E-state index is 12.7. The third kappa shape index (κ3) is 3.73. The summed E-state index contributed by atoms with van der Waals surface area (Å²) in [5, 5.41) is 17.5. The quantitative estimate of drug-likeness (QED) is 0.645. The minimum Gasteiger partial charge on any atom is -0.391 e. The molecule has 4 rings (SSSR count). The lowest BCUT2D eigenvalue weighted by Crippen LogP contribution is -2.40. The Balaban J connectivity index is 1.43. The van der Waals surface area contributed by atoms with Crippen LogP contribution in [0, 0.1) is 5.92 Å². The SMILES string of the molecule is CC(C)c1cnc2cc(C(=O)N[C@@H]3CC(Cn4cccn4)C[C@H]3O)[nH]c2c1. The molecule has 3 heterocycles. The Morgan fingerprint density at radius 3 is 3.00 bits per heavy atom. The van der Waals surface area contributed by atoms with Crippen LogP contribution in [0.4, 0.5) is 0 Å². The van der Waals surface area contributed by atoms with E-state index in [0.717, 1.165) is 29.6 Å². The molecule has 0 spiro atoms. The van der Waals surface area contributed by atoms with Crippen molar-refractivity contribution in [3.63, 3.8) is 0 Å². The smallest absolute Gasteiger partial charge is 0.268 e. The predicted molar refractivity (Wildman–Crippen MR) is 102 cm³/mol. The number of amides is 1. The molecular weight excluding hydrogens is 342 g/mol. The lowest BCUT2D eigenvalue weighted by molar-refractivity contribution is 0.0868. The molecule has 1 aliphatic rings. The molecule has 1 amide bonds. The average Bonchev–Trinajstić information content (AvgIpc) is 3.35. The molecule has 3 atom stereocenters. The zero-order valence-corrected chi connectivity index (χ0v) is 15.6. The van der Waals surface area contributed by atoms with E-state index in [9.17, 15) is 9.90 Å². The topological polar surface area (TPSA) is 95.8 Å². The van der Waals surface area contributed by atoms with Crippen molar-refractivity contribution in [3.8, 4) is 0 Å². The molecule has 1 aliphatic carbocycles. The summed E-state index contributed by atoms with van der Waals surface area (Å²) < 4.78 is 1.87. The van der Waals surface area contributed by atoms with E-state index in [1.165, 1.54) is 0 Å². The molecule has 0 aromatic carbocycles. The number of hydrogen-bond donors (Lipinski definition) is 3. The Morgan fingerprint density at radius 2 is 2.26 bits per heavy atom. The van der Waals surface area contributed by atoms with Crippen molar-refractivity contribution < 1.29 is 9.90 Å². The maximum Gasteiger partial charge on any atom is 0.268 e. The molecule has 142 valence electrons. The summed E-state index contributed by atoms with van der Waals surface area (Å²) in [7, 11) is 0. The highest BCUT2D eigenvalue weighted by Gasteiger charge is 2.34. The molecular formula is C20H25N5O2. The van der Waals surface area contributed by atoms with E-state index in [2.05, 4.69) is 34.2 Å². The van der Waals surface area contributed by atoms with Gasteiger partial charge in [0.25, 0.3) is 5.91 Å². The van der Waals surface area contributed by atoms with Gasteiger partial charge in [-0.15, -0.1) is 0 Å². The highest BCUT2D eigenvalue weighted by Crippen LogP contribution is 2.28. The lowest BCUT2D eigenvalue weighted by Gasteiger charge is -2.15. The van der Waals surface area contributed by atoms with Gasteiger partial charge in [-0.25, -0.2) is 0 Å². The van der Waals surface area contributed by atoms with Crippen LogP contribution in [0.25, 0.3) is 11.0 Å². The molecule has 1 fully saturated rings. The monoisotopic (exact) mass is 367 g/mol. The first kappa shape index (κ1) is 17.7. The Bertz CT molecular complexity index is 931. The number of aliphatic hydroxyl groups is 1. The number of rotatable bonds is 5. The third-order valence-electron chi connectivity index (χ3n) is 5.35. The number of H-pyrrole nitrogens is 1. The van der Waals surface area contributed by atoms with Gasteiger partial charge in [0.05, 0.1) is 23.2 Å². The molecule has 3 N–H and O–H groups in total. The summed E-state index contributed by atoms with van der Waals surface area (Å²) in [6.07, 6.45) is 6.38. The van der Waals surface area contributed by atoms with Gasteiger partial charge in [0.2, 0.25) is 0 Å². The van der Waals surface area contributed by atoms with Crippen molar-refractivity contribution in [1.82, 2.24) is 25.1 Å². The number of fused-ring (bicyclic) bond motifs is 1. The lowest BCUT2D eigenvalue weighted by atomic mass is 10.1. The van der Waals surface area contributed by atoms with Crippen molar-refractivity contribution in [2.45, 2.75) is 51.3 Å². The fraction of sp³-hybridized carbons (Fsp3) is 0.450. The zero-order chi connectivity index (χ0) is 19.0. The molecule has 3 aromatic rings. The van der Waals surface area contributed by atoms with Gasteiger partial charge in [0.1, 0.15) is 5.69 Å². The Labute approximate surface area is 157 Å². The number of pyridine rings is 1. The summed E-state index contributed by atoms with van der Waals surface area (Å²) in [6.45, 7) is 4.98. The van der Waals surface area contributed by atoms with Crippen LogP contribution in [0.1, 0.15) is 48.7 Å². The largest absolute Gasteiger partial charge is 0.391 e. The van der Waals surface area contributed by atoms with E-state index in [1.807, 2.05) is 29.2 Å². The van der Waals surface area contributed by atoms with Crippen LogP contribution in [0.3, 0.4) is 0 Å². The van der Waals surface area contributed by atoms with Crippen LogP contribution in [0.5, 0.6) is 0 Å². The second kappa shape index (κ2) is 7.15. The van der Waals surface area contributed by atoms with E-state index in [-0.39, 0.29) is 11.9 Å². The van der Waals surface area contributed by atoms with Gasteiger partial charge in [-0.05, 0) is 48.4 Å². The van der Waals surface area contributed by atoms with Gasteiger partial charge in [-0.1, -0.05) is 13.8 Å². The molecule has 3 aromatic heterocycles. The van der Waals surface area contributed by atoms with E-state index >= 15 is 0 Å². The molecule has 0 aliphatic heterocycles. The zero-order valence-electron chi connectivity index (χ0n) is 15.6. The van der Waals surface area contributed by atoms with Gasteiger partial charge < -0.3 is 15.4 Å². The van der Waals surface area contributed by atoms with Crippen LogP contribution < -0.4 is 5.32 Å². The molecule has 0 saturated heterocycles. The van der Waals surface area contributed by atoms with Crippen LogP contribution in [-0.2, 0) is 6.54 Å². The number of carbonyl (C=O) groups excluding carboxylic acids is 1. The van der Waals surface area contributed by atoms with Crippen LogP contribution in [0.2, 0.25) is 0 Å². The molecule has 27 heavy (non-hydrogen) atoms. The summed E-state index contributed by atoms with van der Waals surface area (Å²) in [5.41, 5.74) is 3.23. The third-order valence-corrected chi connectivity index (χ3v) is 5.35. The Hall–Kier alpha value is -2.67. The van der Waals surface area contributed by atoms with E-state index in [0.29, 0.717) is 24.0 Å². The number of hydrogen-bond acceptors (Lipinski definition) is 4. The maximum atomic E-state index is 12.7. The van der Waals surface area contributed by atoms with Crippen LogP contribution in [-0.4, -0.2) is 42.9 Å². The van der Waals surface area contributed by atoms with Crippen molar-refractivity contribution in [3.05, 3.63) is 48.0 Å². The van der Waals surface area contributed by atoms with Crippen molar-refractivity contribution in [1.29, 1.82) is 0 Å². The number of aliphatic hydroxyl groups excluding tert-OH is 1. The number of aromatic amines is 1. The first-order valence-corrected chi connectivity index (χ1v) is 9.44. The molecule has 0 radical (unpaired) electrons. The normalized spacial score (nSPS) is 22.6. The first-order chi connectivity index (χ1) is 13.0. The number of aromatic nitrogens is 4. The van der Waals surface area contributed by atoms with Crippen molar-refractivity contribution >= 4 is 16.9 Å². The molecule has 7 nitrogen and oxygen atoms in total. The van der Waals surface area contributed by atoms with Gasteiger partial charge in [-0.3, -0.25) is 14.5 Å². The molecule has 0 bridgehead atoms. The Morgan fingerprint density at radius 1 is 1.41 bits per heavy atom. The minimum absolute atomic E-state index is 0.206. The molecule has 1 saturated carbocycles. The highest BCUT2D eigenvalue weighted by atomic mass is 16.3.